The van der Waals surface area contributed by atoms with Crippen LogP contribution >= 0.6 is 15.9 Å². The third-order valence-corrected chi connectivity index (χ3v) is 3.92. The molecular formula is C13H21BrN6O. The molecule has 0 aromatic carbocycles. The Morgan fingerprint density at radius 2 is 2.24 bits per heavy atom. The molecule has 2 heterocycles. The van der Waals surface area contributed by atoms with Crippen LogP contribution in [0.25, 0.3) is 0 Å². The van der Waals surface area contributed by atoms with Crippen molar-refractivity contribution in [3.05, 3.63) is 33.8 Å². The summed E-state index contributed by atoms with van der Waals surface area (Å²) in [4.78, 5) is 0. The average Bonchev–Trinajstić information content (AvgIpc) is 3.02. The van der Waals surface area contributed by atoms with E-state index in [0.717, 1.165) is 28.1 Å². The summed E-state index contributed by atoms with van der Waals surface area (Å²) in [6.45, 7) is 6.06. The third kappa shape index (κ3) is 3.34. The number of halogens is 1. The molecular weight excluding hydrogens is 336 g/mol. The van der Waals surface area contributed by atoms with Gasteiger partial charge in [-0.15, -0.1) is 0 Å². The van der Waals surface area contributed by atoms with E-state index in [-0.39, 0.29) is 6.04 Å². The fraction of sp³-hybridized carbons (Fsp3) is 0.538. The van der Waals surface area contributed by atoms with Crippen LogP contribution in [0.4, 0.5) is 0 Å². The van der Waals surface area contributed by atoms with Crippen LogP contribution in [0.1, 0.15) is 30.0 Å². The van der Waals surface area contributed by atoms with Crippen molar-refractivity contribution in [1.29, 1.82) is 0 Å². The Hall–Kier alpha value is -1.22. The molecule has 1 atom stereocenters. The van der Waals surface area contributed by atoms with Crippen LogP contribution in [0.2, 0.25) is 0 Å². The van der Waals surface area contributed by atoms with Crippen molar-refractivity contribution < 1.29 is 4.74 Å². The number of aryl methyl sites for hydroxylation is 2. The number of nitrogens with one attached hydrogen (secondary N) is 1. The van der Waals surface area contributed by atoms with Gasteiger partial charge < -0.3 is 4.74 Å². The second-order valence-electron chi connectivity index (χ2n) is 4.72. The quantitative estimate of drug-likeness (QED) is 0.578. The molecule has 0 amide bonds. The van der Waals surface area contributed by atoms with Crippen LogP contribution in [0, 0.1) is 6.92 Å². The molecule has 116 valence electrons. The van der Waals surface area contributed by atoms with Crippen LogP contribution in [-0.2, 0) is 17.8 Å². The smallest absolute Gasteiger partial charge is 0.106 e. The van der Waals surface area contributed by atoms with Gasteiger partial charge >= 0.3 is 0 Å². The van der Waals surface area contributed by atoms with Crippen molar-refractivity contribution in [3.63, 3.8) is 0 Å². The Bertz CT molecular complexity index is 593. The van der Waals surface area contributed by atoms with E-state index in [1.54, 1.807) is 13.3 Å². The molecule has 3 N–H and O–H groups in total. The van der Waals surface area contributed by atoms with E-state index in [1.807, 2.05) is 22.4 Å². The van der Waals surface area contributed by atoms with Crippen molar-refractivity contribution in [2.75, 3.05) is 13.7 Å². The van der Waals surface area contributed by atoms with Gasteiger partial charge in [0, 0.05) is 13.7 Å². The summed E-state index contributed by atoms with van der Waals surface area (Å²) in [5, 5.41) is 8.86. The molecule has 0 aliphatic rings. The molecule has 0 aliphatic carbocycles. The number of rotatable bonds is 7. The minimum absolute atomic E-state index is 0.195. The van der Waals surface area contributed by atoms with Crippen LogP contribution in [0.3, 0.4) is 0 Å². The molecule has 0 aliphatic heterocycles. The molecule has 21 heavy (non-hydrogen) atoms. The van der Waals surface area contributed by atoms with E-state index in [0.29, 0.717) is 13.2 Å². The normalized spacial score (nSPS) is 12.8. The van der Waals surface area contributed by atoms with Crippen molar-refractivity contribution in [2.45, 2.75) is 33.0 Å². The molecule has 7 nitrogen and oxygen atoms in total. The number of nitrogens with two attached hydrogens (primary N) is 1. The Balaban J connectivity index is 2.43. The second-order valence-corrected chi connectivity index (χ2v) is 5.57. The monoisotopic (exact) mass is 356 g/mol. The molecule has 2 aromatic rings. The Morgan fingerprint density at radius 1 is 1.48 bits per heavy atom. The fourth-order valence-electron chi connectivity index (χ4n) is 2.37. The van der Waals surface area contributed by atoms with Gasteiger partial charge in [-0.05, 0) is 35.8 Å². The first kappa shape index (κ1) is 16.2. The molecule has 1 unspecified atom stereocenters. The first-order valence-corrected chi connectivity index (χ1v) is 7.62. The summed E-state index contributed by atoms with van der Waals surface area (Å²) in [5.74, 6) is 5.81. The number of hydrogen-bond donors (Lipinski definition) is 2. The molecule has 0 bridgehead atoms. The lowest BCUT2D eigenvalue weighted by molar-refractivity contribution is 0.182. The molecule has 0 saturated heterocycles. The predicted octanol–water partition coefficient (Wildman–Crippen LogP) is 1.37. The Kier molecular flexibility index (Phi) is 5.51. The van der Waals surface area contributed by atoms with Crippen LogP contribution < -0.4 is 11.3 Å². The highest BCUT2D eigenvalue weighted by atomic mass is 79.9. The Labute approximate surface area is 132 Å². The lowest BCUT2D eigenvalue weighted by Gasteiger charge is -2.19. The zero-order valence-electron chi connectivity index (χ0n) is 12.5. The summed E-state index contributed by atoms with van der Waals surface area (Å²) >= 11 is 3.55. The number of aromatic nitrogens is 4. The van der Waals surface area contributed by atoms with E-state index >= 15 is 0 Å². The highest BCUT2D eigenvalue weighted by Gasteiger charge is 2.24. The predicted molar refractivity (Wildman–Crippen MR) is 83.6 cm³/mol. The van der Waals surface area contributed by atoms with E-state index in [1.165, 1.54) is 0 Å². The van der Waals surface area contributed by atoms with Gasteiger partial charge in [0.2, 0.25) is 0 Å². The number of hydrazine groups is 1. The second kappa shape index (κ2) is 7.17. The largest absolute Gasteiger partial charge is 0.383 e. The van der Waals surface area contributed by atoms with E-state index in [4.69, 9.17) is 10.6 Å². The molecule has 0 radical (unpaired) electrons. The first-order chi connectivity index (χ1) is 10.1. The zero-order chi connectivity index (χ0) is 15.4. The van der Waals surface area contributed by atoms with Gasteiger partial charge in [-0.2, -0.15) is 10.2 Å². The van der Waals surface area contributed by atoms with Gasteiger partial charge in [0.15, 0.2) is 0 Å². The van der Waals surface area contributed by atoms with Crippen molar-refractivity contribution in [3.8, 4) is 0 Å². The van der Waals surface area contributed by atoms with Crippen LogP contribution in [0.5, 0.6) is 0 Å². The molecule has 0 fully saturated rings. The summed E-state index contributed by atoms with van der Waals surface area (Å²) < 4.78 is 9.87. The van der Waals surface area contributed by atoms with Gasteiger partial charge in [0.25, 0.3) is 0 Å². The Morgan fingerprint density at radius 3 is 2.86 bits per heavy atom. The zero-order valence-corrected chi connectivity index (χ0v) is 14.1. The minimum atomic E-state index is -0.195. The van der Waals surface area contributed by atoms with Crippen LogP contribution in [0.15, 0.2) is 16.7 Å². The fourth-order valence-corrected chi connectivity index (χ4v) is 2.90. The summed E-state index contributed by atoms with van der Waals surface area (Å²) in [7, 11) is 1.67. The highest BCUT2D eigenvalue weighted by Crippen LogP contribution is 2.28. The van der Waals surface area contributed by atoms with Crippen molar-refractivity contribution >= 4 is 15.9 Å². The molecule has 2 aromatic heterocycles. The third-order valence-electron chi connectivity index (χ3n) is 3.31. The number of hydrogen-bond acceptors (Lipinski definition) is 5. The number of nitrogens with zero attached hydrogens (tertiary/aromatic N) is 4. The van der Waals surface area contributed by atoms with Gasteiger partial charge in [-0.25, -0.2) is 5.43 Å². The number of ether oxygens (including phenoxy) is 1. The topological polar surface area (TPSA) is 82.9 Å². The van der Waals surface area contributed by atoms with Crippen molar-refractivity contribution in [1.82, 2.24) is 25.0 Å². The molecule has 0 spiro atoms. The van der Waals surface area contributed by atoms with E-state index in [2.05, 4.69) is 38.5 Å². The lowest BCUT2D eigenvalue weighted by atomic mass is 10.1. The minimum Gasteiger partial charge on any atom is -0.383 e. The summed E-state index contributed by atoms with van der Waals surface area (Å²) in [6, 6.07) is 1.84. The van der Waals surface area contributed by atoms with Gasteiger partial charge in [0.1, 0.15) is 6.04 Å². The standard InChI is InChI=1S/C13H21BrN6O/c1-4-19-11(7-9(2)18-19)12(17-15)13-10(14)8-16-20(13)5-6-21-3/h7-8,12,17H,4-6,15H2,1-3H3. The highest BCUT2D eigenvalue weighted by molar-refractivity contribution is 9.10. The van der Waals surface area contributed by atoms with Gasteiger partial charge in [-0.1, -0.05) is 0 Å². The molecule has 8 heteroatoms. The average molecular weight is 357 g/mol. The summed E-state index contributed by atoms with van der Waals surface area (Å²) in [5.41, 5.74) is 5.81. The number of methoxy groups -OCH3 is 1. The molecule has 0 saturated carbocycles. The maximum Gasteiger partial charge on any atom is 0.106 e. The molecule has 2 rings (SSSR count). The van der Waals surface area contributed by atoms with Gasteiger partial charge in [-0.3, -0.25) is 15.2 Å². The lowest BCUT2D eigenvalue weighted by Crippen LogP contribution is -2.33. The van der Waals surface area contributed by atoms with E-state index in [9.17, 15) is 0 Å². The maximum absolute atomic E-state index is 5.81. The van der Waals surface area contributed by atoms with Gasteiger partial charge in [0.05, 0.1) is 40.9 Å². The first-order valence-electron chi connectivity index (χ1n) is 6.83. The van der Waals surface area contributed by atoms with Crippen molar-refractivity contribution in [2.24, 2.45) is 5.84 Å². The van der Waals surface area contributed by atoms with Crippen LogP contribution in [-0.4, -0.2) is 33.3 Å². The summed E-state index contributed by atoms with van der Waals surface area (Å²) in [6.07, 6.45) is 1.77. The van der Waals surface area contributed by atoms with E-state index < -0.39 is 0 Å². The maximum atomic E-state index is 5.81. The SMILES string of the molecule is CCn1nc(C)cc1C(NN)c1c(Br)cnn1CCOC.